The Labute approximate surface area is 173 Å². The summed E-state index contributed by atoms with van der Waals surface area (Å²) in [6.07, 6.45) is 1.38. The molecule has 0 unspecified atom stereocenters. The molecule has 0 saturated heterocycles. The first-order chi connectivity index (χ1) is 14.4. The van der Waals surface area contributed by atoms with Crippen LogP contribution in [0.4, 0.5) is 11.5 Å². The van der Waals surface area contributed by atoms with Crippen molar-refractivity contribution in [1.82, 2.24) is 9.97 Å². The summed E-state index contributed by atoms with van der Waals surface area (Å²) in [5.74, 6) is -0.807. The number of carbonyl (C=O) groups is 2. The van der Waals surface area contributed by atoms with Crippen molar-refractivity contribution in [3.8, 4) is 17.1 Å². The zero-order valence-electron chi connectivity index (χ0n) is 16.8. The van der Waals surface area contributed by atoms with Gasteiger partial charge in [0.15, 0.2) is 5.82 Å². The van der Waals surface area contributed by atoms with Crippen LogP contribution in [0.2, 0.25) is 0 Å². The third kappa shape index (κ3) is 4.54. The van der Waals surface area contributed by atoms with Crippen LogP contribution in [-0.4, -0.2) is 40.7 Å². The molecule has 0 bridgehead atoms. The van der Waals surface area contributed by atoms with E-state index in [1.807, 2.05) is 31.2 Å². The molecule has 3 aromatic rings. The van der Waals surface area contributed by atoms with Crippen LogP contribution in [0, 0.1) is 6.92 Å². The van der Waals surface area contributed by atoms with Crippen LogP contribution in [0.25, 0.3) is 11.4 Å². The summed E-state index contributed by atoms with van der Waals surface area (Å²) in [4.78, 5) is 32.8. The van der Waals surface area contributed by atoms with Gasteiger partial charge in [0.2, 0.25) is 0 Å². The van der Waals surface area contributed by atoms with E-state index >= 15 is 0 Å². The number of benzene rings is 2. The topological polar surface area (TPSA) is 111 Å². The van der Waals surface area contributed by atoms with Gasteiger partial charge in [0, 0.05) is 11.8 Å². The minimum atomic E-state index is -0.596. The monoisotopic (exact) mass is 407 g/mol. The van der Waals surface area contributed by atoms with Crippen LogP contribution in [0.1, 0.15) is 33.2 Å². The summed E-state index contributed by atoms with van der Waals surface area (Å²) in [6.45, 7) is 3.85. The summed E-state index contributed by atoms with van der Waals surface area (Å²) in [6, 6.07) is 11.9. The molecular formula is C22H21N3O5. The van der Waals surface area contributed by atoms with Crippen molar-refractivity contribution >= 4 is 23.4 Å². The van der Waals surface area contributed by atoms with E-state index in [0.29, 0.717) is 5.82 Å². The number of rotatable bonds is 6. The number of nitrogens with one attached hydrogen (secondary N) is 1. The van der Waals surface area contributed by atoms with Crippen molar-refractivity contribution in [2.75, 3.05) is 19.0 Å². The summed E-state index contributed by atoms with van der Waals surface area (Å²) in [5.41, 5.74) is 2.37. The Morgan fingerprint density at radius 1 is 1.13 bits per heavy atom. The minimum Gasteiger partial charge on any atom is -0.506 e. The van der Waals surface area contributed by atoms with Crippen molar-refractivity contribution in [3.05, 3.63) is 65.4 Å². The number of carbonyl (C=O) groups excluding carboxylic acids is 2. The molecule has 154 valence electrons. The molecule has 0 saturated carbocycles. The number of nitrogens with zero attached hydrogens (tertiary/aromatic N) is 2. The lowest BCUT2D eigenvalue weighted by atomic mass is 10.1. The fraction of sp³-hybridized carbons (Fsp3) is 0.182. The first kappa shape index (κ1) is 20.8. The molecule has 8 heteroatoms. The molecule has 0 spiro atoms. The van der Waals surface area contributed by atoms with Crippen LogP contribution in [-0.2, 0) is 9.47 Å². The molecule has 0 radical (unpaired) electrons. The van der Waals surface area contributed by atoms with E-state index in [4.69, 9.17) is 4.74 Å². The third-order valence-electron chi connectivity index (χ3n) is 4.23. The molecule has 0 atom stereocenters. The standard InChI is InChI=1S/C22H21N3O5/c1-4-30-22(28)16-12-23-19(14-7-5-6-13(2)10-14)25-20(16)24-17-9-8-15(11-18(17)26)21(27)29-3/h5-12,26H,4H2,1-3H3,(H,23,24,25). The summed E-state index contributed by atoms with van der Waals surface area (Å²) in [5, 5.41) is 13.3. The van der Waals surface area contributed by atoms with Crippen molar-refractivity contribution in [2.24, 2.45) is 0 Å². The smallest absolute Gasteiger partial charge is 0.343 e. The van der Waals surface area contributed by atoms with Crippen LogP contribution in [0.5, 0.6) is 5.75 Å². The Morgan fingerprint density at radius 3 is 2.60 bits per heavy atom. The van der Waals surface area contributed by atoms with Crippen LogP contribution >= 0.6 is 0 Å². The van der Waals surface area contributed by atoms with Gasteiger partial charge in [-0.1, -0.05) is 23.8 Å². The first-order valence-electron chi connectivity index (χ1n) is 9.22. The fourth-order valence-corrected chi connectivity index (χ4v) is 2.77. The maximum atomic E-state index is 12.4. The van der Waals surface area contributed by atoms with E-state index in [-0.39, 0.29) is 35.0 Å². The lowest BCUT2D eigenvalue weighted by Gasteiger charge is -2.13. The van der Waals surface area contributed by atoms with Gasteiger partial charge in [-0.05, 0) is 38.1 Å². The lowest BCUT2D eigenvalue weighted by molar-refractivity contribution is 0.0525. The number of anilines is 2. The van der Waals surface area contributed by atoms with E-state index in [1.165, 1.54) is 31.5 Å². The van der Waals surface area contributed by atoms with Crippen molar-refractivity contribution in [1.29, 1.82) is 0 Å². The molecule has 0 aliphatic carbocycles. The fourth-order valence-electron chi connectivity index (χ4n) is 2.77. The van der Waals surface area contributed by atoms with E-state index in [9.17, 15) is 14.7 Å². The summed E-state index contributed by atoms with van der Waals surface area (Å²) < 4.78 is 9.73. The Kier molecular flexibility index (Phi) is 6.26. The molecular weight excluding hydrogens is 386 g/mol. The van der Waals surface area contributed by atoms with Gasteiger partial charge in [-0.2, -0.15) is 0 Å². The average Bonchev–Trinajstić information content (AvgIpc) is 2.74. The van der Waals surface area contributed by atoms with Gasteiger partial charge < -0.3 is 19.9 Å². The second-order valence-electron chi connectivity index (χ2n) is 6.39. The number of esters is 2. The molecule has 0 amide bonds. The number of phenols is 1. The van der Waals surface area contributed by atoms with E-state index in [1.54, 1.807) is 6.92 Å². The highest BCUT2D eigenvalue weighted by Gasteiger charge is 2.18. The van der Waals surface area contributed by atoms with Gasteiger partial charge in [0.25, 0.3) is 0 Å². The molecule has 30 heavy (non-hydrogen) atoms. The lowest BCUT2D eigenvalue weighted by Crippen LogP contribution is -2.11. The maximum Gasteiger partial charge on any atom is 0.343 e. The van der Waals surface area contributed by atoms with Crippen molar-refractivity contribution in [3.63, 3.8) is 0 Å². The van der Waals surface area contributed by atoms with Gasteiger partial charge in [-0.3, -0.25) is 0 Å². The molecule has 8 nitrogen and oxygen atoms in total. The number of hydrogen-bond donors (Lipinski definition) is 2. The Morgan fingerprint density at radius 2 is 1.93 bits per heavy atom. The predicted molar refractivity (Wildman–Crippen MR) is 111 cm³/mol. The Hall–Kier alpha value is -3.94. The van der Waals surface area contributed by atoms with Gasteiger partial charge >= 0.3 is 11.9 Å². The number of aromatic nitrogens is 2. The number of ether oxygens (including phenoxy) is 2. The third-order valence-corrected chi connectivity index (χ3v) is 4.23. The van der Waals surface area contributed by atoms with Crippen LogP contribution in [0.15, 0.2) is 48.7 Å². The number of aromatic hydroxyl groups is 1. The number of aryl methyl sites for hydroxylation is 1. The van der Waals surface area contributed by atoms with Crippen LogP contribution < -0.4 is 5.32 Å². The van der Waals surface area contributed by atoms with Crippen molar-refractivity contribution in [2.45, 2.75) is 13.8 Å². The zero-order valence-corrected chi connectivity index (χ0v) is 16.8. The second kappa shape index (κ2) is 9.04. The molecule has 2 N–H and O–H groups in total. The zero-order chi connectivity index (χ0) is 21.7. The number of hydrogen-bond acceptors (Lipinski definition) is 8. The number of phenolic OH excluding ortho intramolecular Hbond substituents is 1. The number of methoxy groups -OCH3 is 1. The van der Waals surface area contributed by atoms with E-state index in [2.05, 4.69) is 20.0 Å². The van der Waals surface area contributed by atoms with Gasteiger partial charge in [-0.15, -0.1) is 0 Å². The largest absolute Gasteiger partial charge is 0.506 e. The van der Waals surface area contributed by atoms with Crippen LogP contribution in [0.3, 0.4) is 0 Å². The van der Waals surface area contributed by atoms with E-state index in [0.717, 1.165) is 11.1 Å². The molecule has 0 aliphatic heterocycles. The maximum absolute atomic E-state index is 12.4. The average molecular weight is 407 g/mol. The molecule has 0 fully saturated rings. The quantitative estimate of drug-likeness (QED) is 0.468. The molecule has 1 aromatic heterocycles. The van der Waals surface area contributed by atoms with Gasteiger partial charge in [0.05, 0.1) is 25.0 Å². The molecule has 1 heterocycles. The molecule has 2 aromatic carbocycles. The highest BCUT2D eigenvalue weighted by molar-refractivity contribution is 5.96. The Balaban J connectivity index is 2.03. The summed E-state index contributed by atoms with van der Waals surface area (Å²) in [7, 11) is 1.25. The SMILES string of the molecule is CCOC(=O)c1cnc(-c2cccc(C)c2)nc1Nc1ccc(C(=O)OC)cc1O. The normalized spacial score (nSPS) is 10.4. The second-order valence-corrected chi connectivity index (χ2v) is 6.39. The predicted octanol–water partition coefficient (Wildman–Crippen LogP) is 3.86. The highest BCUT2D eigenvalue weighted by atomic mass is 16.5. The molecule has 3 rings (SSSR count). The van der Waals surface area contributed by atoms with Gasteiger partial charge in [-0.25, -0.2) is 19.6 Å². The molecule has 0 aliphatic rings. The minimum absolute atomic E-state index is 0.115. The van der Waals surface area contributed by atoms with Gasteiger partial charge in [0.1, 0.15) is 17.1 Å². The van der Waals surface area contributed by atoms with Crippen molar-refractivity contribution < 1.29 is 24.2 Å². The first-order valence-corrected chi connectivity index (χ1v) is 9.22. The van der Waals surface area contributed by atoms with E-state index < -0.39 is 11.9 Å². The Bertz CT molecular complexity index is 1100. The highest BCUT2D eigenvalue weighted by Crippen LogP contribution is 2.30. The summed E-state index contributed by atoms with van der Waals surface area (Å²) >= 11 is 0.